The molecule has 0 aliphatic carbocycles. The van der Waals surface area contributed by atoms with Crippen LogP contribution in [0.1, 0.15) is 5.56 Å². The van der Waals surface area contributed by atoms with Gasteiger partial charge in [-0.1, -0.05) is 48.5 Å². The second kappa shape index (κ2) is 7.27. The molecule has 3 aromatic carbocycles. The fourth-order valence-electron chi connectivity index (χ4n) is 2.15. The molecule has 0 saturated heterocycles. The summed E-state index contributed by atoms with van der Waals surface area (Å²) in [6.07, 6.45) is 1.82. The molecule has 0 atom stereocenters. The fourth-order valence-corrected chi connectivity index (χ4v) is 2.15. The van der Waals surface area contributed by atoms with Gasteiger partial charge in [0.25, 0.3) is 0 Å². The molecule has 0 bridgehead atoms. The van der Waals surface area contributed by atoms with Crippen LogP contribution in [0.2, 0.25) is 0 Å². The van der Waals surface area contributed by atoms with Crippen LogP contribution < -0.4 is 9.75 Å². The van der Waals surface area contributed by atoms with E-state index >= 15 is 0 Å². The van der Waals surface area contributed by atoms with Crippen LogP contribution in [0.5, 0.6) is 11.5 Å². The van der Waals surface area contributed by atoms with E-state index in [0.29, 0.717) is 0 Å². The van der Waals surface area contributed by atoms with Crippen molar-refractivity contribution in [2.45, 2.75) is 0 Å². The second-order valence-corrected chi connectivity index (χ2v) is 5.09. The Bertz CT molecular complexity index is 770. The molecule has 3 aromatic rings. The molecule has 0 amide bonds. The average molecular weight is 302 g/mol. The largest absolute Gasteiger partial charge is 0.457 e. The molecule has 0 heterocycles. The van der Waals surface area contributed by atoms with Crippen LogP contribution in [-0.4, -0.2) is 13.3 Å². The molecule has 3 rings (SSSR count). The number of hydrogen-bond donors (Lipinski definition) is 0. The summed E-state index contributed by atoms with van der Waals surface area (Å²) in [7, 11) is 1.93. The predicted molar refractivity (Wildman–Crippen MR) is 95.4 cm³/mol. The average Bonchev–Trinajstić information content (AvgIpc) is 2.62. The zero-order valence-electron chi connectivity index (χ0n) is 13.0. The Morgan fingerprint density at radius 2 is 1.43 bits per heavy atom. The Balaban J connectivity index is 1.71. The molecule has 0 aliphatic heterocycles. The van der Waals surface area contributed by atoms with E-state index in [2.05, 4.69) is 5.10 Å². The van der Waals surface area contributed by atoms with Gasteiger partial charge in [0.15, 0.2) is 0 Å². The first-order valence-corrected chi connectivity index (χ1v) is 7.47. The van der Waals surface area contributed by atoms with Crippen molar-refractivity contribution in [1.29, 1.82) is 0 Å². The lowest BCUT2D eigenvalue weighted by molar-refractivity contribution is 0.482. The van der Waals surface area contributed by atoms with Crippen molar-refractivity contribution in [3.05, 3.63) is 90.5 Å². The predicted octanol–water partition coefficient (Wildman–Crippen LogP) is 4.95. The third-order valence-electron chi connectivity index (χ3n) is 3.35. The van der Waals surface area contributed by atoms with Crippen molar-refractivity contribution in [2.24, 2.45) is 5.10 Å². The lowest BCUT2D eigenvalue weighted by atomic mass is 10.2. The van der Waals surface area contributed by atoms with E-state index in [1.807, 2.05) is 103 Å². The molecule has 0 saturated carbocycles. The standard InChI is InChI=1S/C20H18N2O/c1-22(18-10-4-2-5-11-18)21-16-17-9-8-14-20(15-17)23-19-12-6-3-7-13-19/h2-16H,1H3/b21-16+. The second-order valence-electron chi connectivity index (χ2n) is 5.09. The summed E-state index contributed by atoms with van der Waals surface area (Å²) in [6.45, 7) is 0. The number of para-hydroxylation sites is 2. The van der Waals surface area contributed by atoms with E-state index in [1.165, 1.54) is 0 Å². The topological polar surface area (TPSA) is 24.8 Å². The monoisotopic (exact) mass is 302 g/mol. The van der Waals surface area contributed by atoms with Gasteiger partial charge in [-0.15, -0.1) is 0 Å². The Labute approximate surface area is 136 Å². The van der Waals surface area contributed by atoms with Crippen LogP contribution in [-0.2, 0) is 0 Å². The minimum atomic E-state index is 0.794. The molecule has 3 nitrogen and oxygen atoms in total. The number of anilines is 1. The Morgan fingerprint density at radius 1 is 0.783 bits per heavy atom. The van der Waals surface area contributed by atoms with Crippen molar-refractivity contribution in [1.82, 2.24) is 0 Å². The quantitative estimate of drug-likeness (QED) is 0.492. The van der Waals surface area contributed by atoms with Gasteiger partial charge in [0.2, 0.25) is 0 Å². The highest BCUT2D eigenvalue weighted by Crippen LogP contribution is 2.21. The lowest BCUT2D eigenvalue weighted by Crippen LogP contribution is -2.08. The highest BCUT2D eigenvalue weighted by molar-refractivity contribution is 5.81. The Kier molecular flexibility index (Phi) is 4.69. The van der Waals surface area contributed by atoms with Crippen LogP contribution in [0.4, 0.5) is 5.69 Å². The van der Waals surface area contributed by atoms with Gasteiger partial charge in [-0.3, -0.25) is 5.01 Å². The highest BCUT2D eigenvalue weighted by Gasteiger charge is 1.99. The minimum absolute atomic E-state index is 0.794. The molecule has 23 heavy (non-hydrogen) atoms. The maximum atomic E-state index is 5.84. The van der Waals surface area contributed by atoms with Gasteiger partial charge >= 0.3 is 0 Å². The molecule has 0 spiro atoms. The number of hydrogen-bond acceptors (Lipinski definition) is 3. The summed E-state index contributed by atoms with van der Waals surface area (Å²) in [5.74, 6) is 1.62. The summed E-state index contributed by atoms with van der Waals surface area (Å²) in [5.41, 5.74) is 2.03. The van der Waals surface area contributed by atoms with E-state index in [-0.39, 0.29) is 0 Å². The summed E-state index contributed by atoms with van der Waals surface area (Å²) >= 11 is 0. The van der Waals surface area contributed by atoms with Crippen LogP contribution in [0.3, 0.4) is 0 Å². The Hall–Kier alpha value is -3.07. The first kappa shape index (κ1) is 14.9. The van der Waals surface area contributed by atoms with Crippen LogP contribution in [0.25, 0.3) is 0 Å². The minimum Gasteiger partial charge on any atom is -0.457 e. The summed E-state index contributed by atoms with van der Waals surface area (Å²) in [4.78, 5) is 0. The maximum absolute atomic E-state index is 5.84. The molecule has 0 aromatic heterocycles. The molecule has 0 unspecified atom stereocenters. The van der Waals surface area contributed by atoms with Gasteiger partial charge in [-0.05, 0) is 42.0 Å². The van der Waals surface area contributed by atoms with Gasteiger partial charge in [0.05, 0.1) is 11.9 Å². The number of nitrogens with zero attached hydrogens (tertiary/aromatic N) is 2. The molecule has 0 radical (unpaired) electrons. The van der Waals surface area contributed by atoms with Crippen molar-refractivity contribution < 1.29 is 4.74 Å². The van der Waals surface area contributed by atoms with Crippen LogP contribution >= 0.6 is 0 Å². The van der Waals surface area contributed by atoms with Gasteiger partial charge in [-0.2, -0.15) is 5.10 Å². The fraction of sp³-hybridized carbons (Fsp3) is 0.0500. The smallest absolute Gasteiger partial charge is 0.128 e. The van der Waals surface area contributed by atoms with Gasteiger partial charge in [0.1, 0.15) is 11.5 Å². The van der Waals surface area contributed by atoms with Gasteiger partial charge in [0, 0.05) is 7.05 Å². The zero-order chi connectivity index (χ0) is 15.9. The normalized spacial score (nSPS) is 10.7. The first-order chi connectivity index (χ1) is 11.3. The van der Waals surface area contributed by atoms with Crippen LogP contribution in [0.15, 0.2) is 90.0 Å². The molecular weight excluding hydrogens is 284 g/mol. The van der Waals surface area contributed by atoms with Crippen molar-refractivity contribution in [3.63, 3.8) is 0 Å². The molecule has 0 N–H and O–H groups in total. The summed E-state index contributed by atoms with van der Waals surface area (Å²) in [5, 5.41) is 6.30. The van der Waals surface area contributed by atoms with E-state index in [9.17, 15) is 0 Å². The molecule has 0 aliphatic rings. The molecule has 114 valence electrons. The van der Waals surface area contributed by atoms with E-state index < -0.39 is 0 Å². The lowest BCUT2D eigenvalue weighted by Gasteiger charge is -2.12. The highest BCUT2D eigenvalue weighted by atomic mass is 16.5. The van der Waals surface area contributed by atoms with E-state index in [4.69, 9.17) is 4.74 Å². The number of benzene rings is 3. The summed E-state index contributed by atoms with van der Waals surface area (Å²) in [6, 6.07) is 27.6. The SMILES string of the molecule is CN(/N=C/c1cccc(Oc2ccccc2)c1)c1ccccc1. The number of rotatable bonds is 5. The molecular formula is C20H18N2O. The van der Waals surface area contributed by atoms with E-state index in [0.717, 1.165) is 22.7 Å². The maximum Gasteiger partial charge on any atom is 0.128 e. The van der Waals surface area contributed by atoms with Crippen molar-refractivity contribution >= 4 is 11.9 Å². The number of ether oxygens (including phenoxy) is 1. The van der Waals surface area contributed by atoms with Gasteiger partial charge in [-0.25, -0.2) is 0 Å². The third kappa shape index (κ3) is 4.20. The van der Waals surface area contributed by atoms with Crippen LogP contribution in [0, 0.1) is 0 Å². The molecule has 0 fully saturated rings. The zero-order valence-corrected chi connectivity index (χ0v) is 13.0. The number of hydrazone groups is 1. The third-order valence-corrected chi connectivity index (χ3v) is 3.35. The Morgan fingerprint density at radius 3 is 2.17 bits per heavy atom. The summed E-state index contributed by atoms with van der Waals surface area (Å²) < 4.78 is 5.84. The van der Waals surface area contributed by atoms with Gasteiger partial charge < -0.3 is 4.74 Å². The van der Waals surface area contributed by atoms with E-state index in [1.54, 1.807) is 0 Å². The molecule has 3 heteroatoms. The van der Waals surface area contributed by atoms with Crippen molar-refractivity contribution in [2.75, 3.05) is 12.1 Å². The van der Waals surface area contributed by atoms with Crippen molar-refractivity contribution in [3.8, 4) is 11.5 Å². The first-order valence-electron chi connectivity index (χ1n) is 7.47.